The van der Waals surface area contributed by atoms with Crippen molar-refractivity contribution in [2.24, 2.45) is 0 Å². The van der Waals surface area contributed by atoms with Gasteiger partial charge in [0.1, 0.15) is 11.4 Å². The number of nitrogens with zero attached hydrogens (tertiary/aromatic N) is 6. The molecular weight excluding hydrogens is 444 g/mol. The van der Waals surface area contributed by atoms with Crippen LogP contribution in [-0.4, -0.2) is 84.9 Å². The summed E-state index contributed by atoms with van der Waals surface area (Å²) in [7, 11) is 2.11. The molecule has 0 atom stereocenters. The molecule has 0 unspecified atom stereocenters. The number of aryl methyl sites for hydroxylation is 1. The number of aromatic nitrogens is 2. The first kappa shape index (κ1) is 23.2. The van der Waals surface area contributed by atoms with Crippen LogP contribution < -0.4 is 15.4 Å². The molecule has 2 aliphatic heterocycles. The Kier molecular flexibility index (Phi) is 6.85. The predicted octanol–water partition coefficient (Wildman–Crippen LogP) is 1.86. The molecule has 5 rings (SSSR count). The van der Waals surface area contributed by atoms with E-state index in [4.69, 9.17) is 4.42 Å². The molecule has 9 heteroatoms. The molecule has 0 spiro atoms. The van der Waals surface area contributed by atoms with Gasteiger partial charge in [-0.25, -0.2) is 0 Å². The van der Waals surface area contributed by atoms with Crippen molar-refractivity contribution in [2.45, 2.75) is 12.8 Å². The quantitative estimate of drug-likeness (QED) is 0.537. The van der Waals surface area contributed by atoms with Crippen LogP contribution in [0.15, 0.2) is 64.1 Å². The highest BCUT2D eigenvalue weighted by atomic mass is 16.3. The van der Waals surface area contributed by atoms with Crippen LogP contribution in [0.2, 0.25) is 0 Å². The molecule has 9 nitrogen and oxygen atoms in total. The maximum absolute atomic E-state index is 13.7. The molecule has 1 aromatic carbocycles. The van der Waals surface area contributed by atoms with Gasteiger partial charge in [-0.3, -0.25) is 9.59 Å². The third-order valence-electron chi connectivity index (χ3n) is 6.89. The van der Waals surface area contributed by atoms with E-state index in [0.29, 0.717) is 44.7 Å². The summed E-state index contributed by atoms with van der Waals surface area (Å²) in [6, 6.07) is 13.3. The van der Waals surface area contributed by atoms with E-state index in [1.54, 1.807) is 6.26 Å². The van der Waals surface area contributed by atoms with Gasteiger partial charge in [-0.15, -0.1) is 0 Å². The first-order valence-electron chi connectivity index (χ1n) is 12.3. The monoisotopic (exact) mass is 476 g/mol. The molecule has 0 aliphatic carbocycles. The number of carbonyl (C=O) groups excluding carboxylic acids is 1. The Balaban J connectivity index is 1.35. The average Bonchev–Trinajstić information content (AvgIpc) is 3.42. The van der Waals surface area contributed by atoms with Crippen molar-refractivity contribution in [3.05, 3.63) is 71.0 Å². The molecule has 184 valence electrons. The van der Waals surface area contributed by atoms with Gasteiger partial charge in [0, 0.05) is 65.2 Å². The summed E-state index contributed by atoms with van der Waals surface area (Å²) in [5.74, 6) is 0.969. The SMILES string of the molecule is CN1CCN(c2c(N3CCN(C(=O)CCc4ccco4)CC3)cnn(-c3ccccc3)c2=O)CC1. The number of hydrogen-bond donors (Lipinski definition) is 0. The van der Waals surface area contributed by atoms with Gasteiger partial charge in [-0.2, -0.15) is 9.78 Å². The van der Waals surface area contributed by atoms with E-state index in [0.717, 1.165) is 43.3 Å². The lowest BCUT2D eigenvalue weighted by molar-refractivity contribution is -0.131. The number of rotatable bonds is 6. The normalized spacial score (nSPS) is 17.1. The maximum Gasteiger partial charge on any atom is 0.297 e. The van der Waals surface area contributed by atoms with E-state index in [-0.39, 0.29) is 11.5 Å². The minimum Gasteiger partial charge on any atom is -0.469 e. The van der Waals surface area contributed by atoms with Crippen LogP contribution in [0.1, 0.15) is 12.2 Å². The second kappa shape index (κ2) is 10.4. The molecule has 3 aromatic rings. The second-order valence-corrected chi connectivity index (χ2v) is 9.17. The largest absolute Gasteiger partial charge is 0.469 e. The summed E-state index contributed by atoms with van der Waals surface area (Å²) in [6.45, 7) is 6.00. The van der Waals surface area contributed by atoms with Gasteiger partial charge in [0.25, 0.3) is 5.56 Å². The van der Waals surface area contributed by atoms with Crippen LogP contribution in [0, 0.1) is 0 Å². The van der Waals surface area contributed by atoms with Crippen molar-refractivity contribution in [3.63, 3.8) is 0 Å². The van der Waals surface area contributed by atoms with Crippen LogP contribution in [-0.2, 0) is 11.2 Å². The topological polar surface area (TPSA) is 78.1 Å². The van der Waals surface area contributed by atoms with Crippen molar-refractivity contribution < 1.29 is 9.21 Å². The Morgan fingerprint density at radius 2 is 1.63 bits per heavy atom. The number of anilines is 2. The Hall–Kier alpha value is -3.59. The van der Waals surface area contributed by atoms with Gasteiger partial charge in [-0.1, -0.05) is 18.2 Å². The molecule has 2 aliphatic rings. The van der Waals surface area contributed by atoms with Crippen LogP contribution in [0.5, 0.6) is 0 Å². The van der Waals surface area contributed by atoms with Crippen LogP contribution in [0.25, 0.3) is 5.69 Å². The summed E-state index contributed by atoms with van der Waals surface area (Å²) in [5, 5.41) is 4.54. The van der Waals surface area contributed by atoms with Crippen molar-refractivity contribution in [3.8, 4) is 5.69 Å². The predicted molar refractivity (Wildman–Crippen MR) is 135 cm³/mol. The Morgan fingerprint density at radius 3 is 2.31 bits per heavy atom. The van der Waals surface area contributed by atoms with E-state index in [1.165, 1.54) is 4.68 Å². The molecule has 2 aromatic heterocycles. The summed E-state index contributed by atoms with van der Waals surface area (Å²) in [6.07, 6.45) is 4.50. The first-order chi connectivity index (χ1) is 17.1. The van der Waals surface area contributed by atoms with Gasteiger partial charge in [0.05, 0.1) is 23.8 Å². The molecule has 0 N–H and O–H groups in total. The third-order valence-corrected chi connectivity index (χ3v) is 6.89. The number of furan rings is 1. The molecule has 2 saturated heterocycles. The molecule has 0 bridgehead atoms. The first-order valence-corrected chi connectivity index (χ1v) is 12.3. The van der Waals surface area contributed by atoms with Crippen molar-refractivity contribution >= 4 is 17.3 Å². The molecule has 1 amide bonds. The highest BCUT2D eigenvalue weighted by Crippen LogP contribution is 2.27. The van der Waals surface area contributed by atoms with E-state index in [2.05, 4.69) is 26.8 Å². The lowest BCUT2D eigenvalue weighted by Crippen LogP contribution is -2.51. The van der Waals surface area contributed by atoms with E-state index >= 15 is 0 Å². The zero-order chi connectivity index (χ0) is 24.2. The molecular formula is C26H32N6O3. The Morgan fingerprint density at radius 1 is 0.914 bits per heavy atom. The standard InChI is InChI=1S/C26H32N6O3/c1-28-11-13-31(14-12-28)25-23(20-27-32(26(25)34)21-6-3-2-4-7-21)29-15-17-30(18-16-29)24(33)10-9-22-8-5-19-35-22/h2-8,19-20H,9-18H2,1H3. The summed E-state index contributed by atoms with van der Waals surface area (Å²) < 4.78 is 6.84. The molecule has 2 fully saturated rings. The van der Waals surface area contributed by atoms with Crippen molar-refractivity contribution in [1.82, 2.24) is 19.6 Å². The number of para-hydroxylation sites is 1. The number of amides is 1. The van der Waals surface area contributed by atoms with Gasteiger partial charge in [0.15, 0.2) is 0 Å². The van der Waals surface area contributed by atoms with Gasteiger partial charge in [-0.05, 0) is 31.3 Å². The van der Waals surface area contributed by atoms with E-state index in [9.17, 15) is 9.59 Å². The lowest BCUT2D eigenvalue weighted by atomic mass is 10.2. The number of hydrogen-bond acceptors (Lipinski definition) is 7. The van der Waals surface area contributed by atoms with Crippen molar-refractivity contribution in [1.29, 1.82) is 0 Å². The lowest BCUT2D eigenvalue weighted by Gasteiger charge is -2.39. The van der Waals surface area contributed by atoms with Crippen LogP contribution in [0.4, 0.5) is 11.4 Å². The fourth-order valence-corrected chi connectivity index (χ4v) is 4.79. The number of carbonyl (C=O) groups is 1. The van der Waals surface area contributed by atoms with Crippen molar-refractivity contribution in [2.75, 3.05) is 69.2 Å². The third kappa shape index (κ3) is 5.09. The van der Waals surface area contributed by atoms with Gasteiger partial charge >= 0.3 is 0 Å². The summed E-state index contributed by atoms with van der Waals surface area (Å²) >= 11 is 0. The number of benzene rings is 1. The average molecular weight is 477 g/mol. The summed E-state index contributed by atoms with van der Waals surface area (Å²) in [4.78, 5) is 35.0. The second-order valence-electron chi connectivity index (χ2n) is 9.17. The molecule has 35 heavy (non-hydrogen) atoms. The zero-order valence-electron chi connectivity index (χ0n) is 20.2. The fraction of sp³-hybridized carbons (Fsp3) is 0.423. The Bertz CT molecular complexity index is 1180. The highest BCUT2D eigenvalue weighted by molar-refractivity contribution is 5.77. The minimum absolute atomic E-state index is 0.102. The zero-order valence-corrected chi connectivity index (χ0v) is 20.2. The van der Waals surface area contributed by atoms with E-state index in [1.807, 2.05) is 53.6 Å². The highest BCUT2D eigenvalue weighted by Gasteiger charge is 2.28. The van der Waals surface area contributed by atoms with Gasteiger partial charge in [0.2, 0.25) is 5.91 Å². The number of piperazine rings is 2. The fourth-order valence-electron chi connectivity index (χ4n) is 4.79. The van der Waals surface area contributed by atoms with Crippen LogP contribution >= 0.6 is 0 Å². The van der Waals surface area contributed by atoms with Crippen LogP contribution in [0.3, 0.4) is 0 Å². The number of likely N-dealkylation sites (N-methyl/N-ethyl adjacent to an activating group) is 1. The summed E-state index contributed by atoms with van der Waals surface area (Å²) in [5.41, 5.74) is 2.21. The molecule has 0 radical (unpaired) electrons. The van der Waals surface area contributed by atoms with E-state index < -0.39 is 0 Å². The Labute approximate surface area is 205 Å². The molecule has 4 heterocycles. The minimum atomic E-state index is -0.102. The smallest absolute Gasteiger partial charge is 0.297 e. The van der Waals surface area contributed by atoms with Gasteiger partial charge < -0.3 is 24.0 Å². The maximum atomic E-state index is 13.7. The molecule has 0 saturated carbocycles.